The molecule has 2 bridgehead atoms. The van der Waals surface area contributed by atoms with Gasteiger partial charge in [-0.2, -0.15) is 0 Å². The smallest absolute Gasteiger partial charge is 0.171 e. The van der Waals surface area contributed by atoms with Gasteiger partial charge in [0.25, 0.3) is 0 Å². The van der Waals surface area contributed by atoms with Crippen LogP contribution in [0.4, 0.5) is 0 Å². The largest absolute Gasteiger partial charge is 0.354 e. The zero-order chi connectivity index (χ0) is 10.8. The van der Waals surface area contributed by atoms with Gasteiger partial charge in [0.2, 0.25) is 0 Å². The van der Waals surface area contributed by atoms with Crippen LogP contribution in [0.25, 0.3) is 0 Å². The molecule has 1 N–H and O–H groups in total. The number of ether oxygens (including phenoxy) is 2. The molecule has 88 valence electrons. The summed E-state index contributed by atoms with van der Waals surface area (Å²) in [6.07, 6.45) is 5.54. The quantitative estimate of drug-likeness (QED) is 0.706. The van der Waals surface area contributed by atoms with E-state index in [1.54, 1.807) is 14.2 Å². The third-order valence-corrected chi connectivity index (χ3v) is 4.09. The highest BCUT2D eigenvalue weighted by molar-refractivity contribution is 4.95. The lowest BCUT2D eigenvalue weighted by Crippen LogP contribution is -2.47. The van der Waals surface area contributed by atoms with Gasteiger partial charge in [0, 0.05) is 20.3 Å². The van der Waals surface area contributed by atoms with E-state index in [9.17, 15) is 0 Å². The molecular formula is C12H23NO2. The van der Waals surface area contributed by atoms with Crippen molar-refractivity contribution in [2.75, 3.05) is 14.2 Å². The lowest BCUT2D eigenvalue weighted by Gasteiger charge is -2.30. The van der Waals surface area contributed by atoms with Gasteiger partial charge in [-0.3, -0.25) is 0 Å². The lowest BCUT2D eigenvalue weighted by atomic mass is 9.95. The van der Waals surface area contributed by atoms with Crippen LogP contribution >= 0.6 is 0 Å². The van der Waals surface area contributed by atoms with Crippen LogP contribution in [0.2, 0.25) is 0 Å². The molecule has 0 heterocycles. The lowest BCUT2D eigenvalue weighted by molar-refractivity contribution is -0.121. The van der Waals surface area contributed by atoms with Crippen LogP contribution in [0.15, 0.2) is 0 Å². The maximum absolute atomic E-state index is 5.27. The summed E-state index contributed by atoms with van der Waals surface area (Å²) in [5.74, 6) is 1.90. The molecule has 15 heavy (non-hydrogen) atoms. The standard InChI is InChI=1S/C12H23NO2/c1-8(12(14-2)15-3)13-11-7-9-4-5-10(11)6-9/h8-13H,4-7H2,1-3H3. The Labute approximate surface area is 92.5 Å². The number of hydrogen-bond donors (Lipinski definition) is 1. The van der Waals surface area contributed by atoms with Crippen LogP contribution in [0.1, 0.15) is 32.6 Å². The summed E-state index contributed by atoms with van der Waals surface area (Å²) >= 11 is 0. The average molecular weight is 213 g/mol. The van der Waals surface area contributed by atoms with Crippen LogP contribution in [-0.4, -0.2) is 32.6 Å². The zero-order valence-corrected chi connectivity index (χ0v) is 10.0. The first-order valence-electron chi connectivity index (χ1n) is 6.06. The minimum Gasteiger partial charge on any atom is -0.354 e. The Morgan fingerprint density at radius 2 is 1.87 bits per heavy atom. The van der Waals surface area contributed by atoms with E-state index in [1.807, 2.05) is 0 Å². The second kappa shape index (κ2) is 4.81. The second-order valence-corrected chi connectivity index (χ2v) is 5.08. The fraction of sp³-hybridized carbons (Fsp3) is 1.00. The highest BCUT2D eigenvalue weighted by atomic mass is 16.7. The molecule has 0 radical (unpaired) electrons. The van der Waals surface area contributed by atoms with Crippen LogP contribution in [0.5, 0.6) is 0 Å². The van der Waals surface area contributed by atoms with Gasteiger partial charge in [-0.1, -0.05) is 6.42 Å². The summed E-state index contributed by atoms with van der Waals surface area (Å²) < 4.78 is 10.5. The molecular weight excluding hydrogens is 190 g/mol. The first-order valence-corrected chi connectivity index (χ1v) is 6.06. The minimum absolute atomic E-state index is 0.121. The van der Waals surface area contributed by atoms with E-state index < -0.39 is 0 Å². The Bertz CT molecular complexity index is 206. The van der Waals surface area contributed by atoms with Crippen molar-refractivity contribution in [3.63, 3.8) is 0 Å². The Morgan fingerprint density at radius 1 is 1.13 bits per heavy atom. The third kappa shape index (κ3) is 2.35. The van der Waals surface area contributed by atoms with Crippen LogP contribution < -0.4 is 5.32 Å². The summed E-state index contributed by atoms with van der Waals surface area (Å²) in [6, 6.07) is 0.982. The molecule has 4 unspecified atom stereocenters. The number of rotatable bonds is 5. The van der Waals surface area contributed by atoms with E-state index in [1.165, 1.54) is 25.7 Å². The van der Waals surface area contributed by atoms with E-state index in [2.05, 4.69) is 12.2 Å². The Balaban J connectivity index is 1.81. The Kier molecular flexibility index (Phi) is 3.65. The normalized spacial score (nSPS) is 36.4. The maximum atomic E-state index is 5.27. The van der Waals surface area contributed by atoms with Crippen LogP contribution in [-0.2, 0) is 9.47 Å². The Morgan fingerprint density at radius 3 is 2.33 bits per heavy atom. The average Bonchev–Trinajstić information content (AvgIpc) is 2.81. The minimum atomic E-state index is -0.121. The molecule has 2 saturated carbocycles. The van der Waals surface area contributed by atoms with E-state index >= 15 is 0 Å². The number of methoxy groups -OCH3 is 2. The zero-order valence-electron chi connectivity index (χ0n) is 10.0. The summed E-state index contributed by atoms with van der Waals surface area (Å²) in [5.41, 5.74) is 0. The van der Waals surface area contributed by atoms with Gasteiger partial charge in [-0.25, -0.2) is 0 Å². The topological polar surface area (TPSA) is 30.5 Å². The van der Waals surface area contributed by atoms with Gasteiger partial charge in [0.15, 0.2) is 6.29 Å². The van der Waals surface area contributed by atoms with Crippen molar-refractivity contribution in [2.24, 2.45) is 11.8 Å². The highest BCUT2D eigenvalue weighted by Crippen LogP contribution is 2.44. The second-order valence-electron chi connectivity index (χ2n) is 5.08. The van der Waals surface area contributed by atoms with Crippen molar-refractivity contribution >= 4 is 0 Å². The van der Waals surface area contributed by atoms with Crippen molar-refractivity contribution in [1.29, 1.82) is 0 Å². The molecule has 0 saturated heterocycles. The molecule has 0 aromatic carbocycles. The predicted octanol–water partition coefficient (Wildman–Crippen LogP) is 1.77. The summed E-state index contributed by atoms with van der Waals surface area (Å²) in [6.45, 7) is 2.14. The number of fused-ring (bicyclic) bond motifs is 2. The van der Waals surface area contributed by atoms with Crippen LogP contribution in [0, 0.1) is 11.8 Å². The van der Waals surface area contributed by atoms with Crippen LogP contribution in [0.3, 0.4) is 0 Å². The van der Waals surface area contributed by atoms with Crippen molar-refractivity contribution < 1.29 is 9.47 Å². The molecule has 2 fully saturated rings. The highest BCUT2D eigenvalue weighted by Gasteiger charge is 2.40. The summed E-state index contributed by atoms with van der Waals surface area (Å²) in [5, 5.41) is 3.66. The fourth-order valence-corrected chi connectivity index (χ4v) is 3.37. The molecule has 0 aromatic heterocycles. The third-order valence-electron chi connectivity index (χ3n) is 4.09. The van der Waals surface area contributed by atoms with Gasteiger partial charge in [-0.15, -0.1) is 0 Å². The maximum Gasteiger partial charge on any atom is 0.171 e. The fourth-order valence-electron chi connectivity index (χ4n) is 3.37. The van der Waals surface area contributed by atoms with Crippen molar-refractivity contribution in [3.8, 4) is 0 Å². The van der Waals surface area contributed by atoms with E-state index in [-0.39, 0.29) is 12.3 Å². The number of hydrogen-bond acceptors (Lipinski definition) is 3. The molecule has 0 aliphatic heterocycles. The molecule has 2 aliphatic carbocycles. The van der Waals surface area contributed by atoms with Gasteiger partial charge in [0.05, 0.1) is 6.04 Å². The van der Waals surface area contributed by atoms with Crippen molar-refractivity contribution in [1.82, 2.24) is 5.32 Å². The van der Waals surface area contributed by atoms with Gasteiger partial charge < -0.3 is 14.8 Å². The molecule has 0 spiro atoms. The van der Waals surface area contributed by atoms with E-state index in [0.717, 1.165) is 11.8 Å². The molecule has 4 atom stereocenters. The first kappa shape index (κ1) is 11.4. The molecule has 0 amide bonds. The predicted molar refractivity (Wildman–Crippen MR) is 59.6 cm³/mol. The molecule has 2 rings (SSSR count). The first-order chi connectivity index (χ1) is 7.24. The monoisotopic (exact) mass is 213 g/mol. The molecule has 0 aromatic rings. The van der Waals surface area contributed by atoms with Crippen molar-refractivity contribution in [3.05, 3.63) is 0 Å². The Hall–Kier alpha value is -0.120. The SMILES string of the molecule is COC(OC)C(C)NC1CC2CCC1C2. The summed E-state index contributed by atoms with van der Waals surface area (Å²) in [4.78, 5) is 0. The summed E-state index contributed by atoms with van der Waals surface area (Å²) in [7, 11) is 3.40. The van der Waals surface area contributed by atoms with Crippen molar-refractivity contribution in [2.45, 2.75) is 51.0 Å². The number of nitrogens with one attached hydrogen (secondary N) is 1. The molecule has 2 aliphatic rings. The van der Waals surface area contributed by atoms with Gasteiger partial charge >= 0.3 is 0 Å². The molecule has 3 heteroatoms. The van der Waals surface area contributed by atoms with E-state index in [4.69, 9.17) is 9.47 Å². The van der Waals surface area contributed by atoms with Gasteiger partial charge in [0.1, 0.15) is 0 Å². The van der Waals surface area contributed by atoms with E-state index in [0.29, 0.717) is 6.04 Å². The van der Waals surface area contributed by atoms with Gasteiger partial charge in [-0.05, 0) is 38.0 Å². The molecule has 3 nitrogen and oxygen atoms in total.